The molecule has 0 saturated carbocycles. The van der Waals surface area contributed by atoms with Crippen molar-refractivity contribution >= 4 is 27.3 Å². The molecule has 1 aromatic rings. The summed E-state index contributed by atoms with van der Waals surface area (Å²) in [6, 6.07) is 6.77. The smallest absolute Gasteiger partial charge is 0.232 e. The number of piperidine rings is 1. The predicted molar refractivity (Wildman–Crippen MR) is 93.0 cm³/mol. The molecule has 1 saturated heterocycles. The summed E-state index contributed by atoms with van der Waals surface area (Å²) in [7, 11) is -3.29. The van der Waals surface area contributed by atoms with Crippen LogP contribution in [0, 0.1) is 5.92 Å². The third-order valence-corrected chi connectivity index (χ3v) is 5.28. The second-order valence-electron chi connectivity index (χ2n) is 5.87. The zero-order chi connectivity index (χ0) is 16.7. The van der Waals surface area contributed by atoms with E-state index in [0.717, 1.165) is 32.4 Å². The molecule has 0 spiro atoms. The molecule has 1 aliphatic heterocycles. The molecule has 3 N–H and O–H groups in total. The van der Waals surface area contributed by atoms with Gasteiger partial charge in [0.25, 0.3) is 0 Å². The lowest BCUT2D eigenvalue weighted by Crippen LogP contribution is -2.34. The molecule has 1 heterocycles. The number of hydrogen-bond donors (Lipinski definition) is 3. The molecular weight excluding hydrogens is 314 g/mol. The molecule has 1 amide bonds. The molecule has 1 aliphatic rings. The van der Waals surface area contributed by atoms with Crippen LogP contribution >= 0.6 is 0 Å². The molecule has 6 nitrogen and oxygen atoms in total. The van der Waals surface area contributed by atoms with Gasteiger partial charge in [0.1, 0.15) is 0 Å². The Morgan fingerprint density at radius 1 is 1.17 bits per heavy atom. The van der Waals surface area contributed by atoms with Gasteiger partial charge in [0.15, 0.2) is 0 Å². The van der Waals surface area contributed by atoms with Gasteiger partial charge in [-0.2, -0.15) is 0 Å². The standard InChI is InChI=1S/C16H25N3O3S/c1-2-3-12-23(21,22)19-15-6-4-14(5-7-15)18-16(20)13-8-10-17-11-9-13/h4-7,13,17,19H,2-3,8-12H2,1H3,(H,18,20). The monoisotopic (exact) mass is 339 g/mol. The first kappa shape index (κ1) is 17.7. The Balaban J connectivity index is 1.90. The highest BCUT2D eigenvalue weighted by atomic mass is 32.2. The number of sulfonamides is 1. The Kier molecular flexibility index (Phi) is 6.41. The van der Waals surface area contributed by atoms with Gasteiger partial charge in [0, 0.05) is 17.3 Å². The van der Waals surface area contributed by atoms with E-state index in [1.807, 2.05) is 6.92 Å². The minimum absolute atomic E-state index is 0.0303. The fraction of sp³-hybridized carbons (Fsp3) is 0.562. The van der Waals surface area contributed by atoms with Crippen LogP contribution in [0.25, 0.3) is 0 Å². The molecule has 0 unspecified atom stereocenters. The van der Waals surface area contributed by atoms with Crippen LogP contribution in [0.4, 0.5) is 11.4 Å². The Morgan fingerprint density at radius 3 is 2.39 bits per heavy atom. The summed E-state index contributed by atoms with van der Waals surface area (Å²) in [6.45, 7) is 3.70. The third kappa shape index (κ3) is 5.84. The minimum Gasteiger partial charge on any atom is -0.326 e. The first-order chi connectivity index (χ1) is 11.0. The van der Waals surface area contributed by atoms with E-state index in [2.05, 4.69) is 15.4 Å². The molecule has 2 rings (SSSR count). The van der Waals surface area contributed by atoms with E-state index >= 15 is 0 Å². The maximum atomic E-state index is 12.1. The molecule has 0 aromatic heterocycles. The van der Waals surface area contributed by atoms with Crippen molar-refractivity contribution in [3.63, 3.8) is 0 Å². The van der Waals surface area contributed by atoms with Crippen molar-refractivity contribution in [1.29, 1.82) is 0 Å². The largest absolute Gasteiger partial charge is 0.326 e. The fourth-order valence-corrected chi connectivity index (χ4v) is 3.78. The Morgan fingerprint density at radius 2 is 1.78 bits per heavy atom. The van der Waals surface area contributed by atoms with Crippen LogP contribution in [0.5, 0.6) is 0 Å². The first-order valence-electron chi connectivity index (χ1n) is 8.12. The van der Waals surface area contributed by atoms with Crippen LogP contribution in [0.2, 0.25) is 0 Å². The van der Waals surface area contributed by atoms with E-state index in [0.29, 0.717) is 17.8 Å². The minimum atomic E-state index is -3.29. The molecule has 0 radical (unpaired) electrons. The van der Waals surface area contributed by atoms with Crippen molar-refractivity contribution in [2.24, 2.45) is 5.92 Å². The van der Waals surface area contributed by atoms with Crippen LogP contribution in [-0.4, -0.2) is 33.2 Å². The van der Waals surface area contributed by atoms with Crippen molar-refractivity contribution in [3.8, 4) is 0 Å². The van der Waals surface area contributed by atoms with Gasteiger partial charge in [0.05, 0.1) is 5.75 Å². The Bertz CT molecular complexity index is 608. The van der Waals surface area contributed by atoms with E-state index in [1.54, 1.807) is 24.3 Å². The first-order valence-corrected chi connectivity index (χ1v) is 9.77. The molecule has 1 aromatic carbocycles. The highest BCUT2D eigenvalue weighted by Gasteiger charge is 2.20. The number of unbranched alkanes of at least 4 members (excludes halogenated alkanes) is 1. The molecule has 0 bridgehead atoms. The molecular formula is C16H25N3O3S. The van der Waals surface area contributed by atoms with Crippen molar-refractivity contribution in [1.82, 2.24) is 5.32 Å². The van der Waals surface area contributed by atoms with Crippen molar-refractivity contribution < 1.29 is 13.2 Å². The van der Waals surface area contributed by atoms with Crippen LogP contribution in [0.1, 0.15) is 32.6 Å². The molecule has 128 valence electrons. The topological polar surface area (TPSA) is 87.3 Å². The summed E-state index contributed by atoms with van der Waals surface area (Å²) >= 11 is 0. The average Bonchev–Trinajstić information content (AvgIpc) is 2.55. The van der Waals surface area contributed by atoms with E-state index in [4.69, 9.17) is 0 Å². The number of nitrogens with one attached hydrogen (secondary N) is 3. The highest BCUT2D eigenvalue weighted by Crippen LogP contribution is 2.18. The lowest BCUT2D eigenvalue weighted by Gasteiger charge is -2.21. The summed E-state index contributed by atoms with van der Waals surface area (Å²) < 4.78 is 26.2. The summed E-state index contributed by atoms with van der Waals surface area (Å²) in [4.78, 5) is 12.1. The summed E-state index contributed by atoms with van der Waals surface area (Å²) in [5, 5.41) is 6.12. The van der Waals surface area contributed by atoms with Crippen molar-refractivity contribution in [3.05, 3.63) is 24.3 Å². The second kappa shape index (κ2) is 8.31. The lowest BCUT2D eigenvalue weighted by molar-refractivity contribution is -0.120. The Hall–Kier alpha value is -1.60. The maximum absolute atomic E-state index is 12.1. The van der Waals surface area contributed by atoms with Crippen LogP contribution < -0.4 is 15.4 Å². The predicted octanol–water partition coefficient (Wildman–Crippen LogP) is 2.17. The average molecular weight is 339 g/mol. The quantitative estimate of drug-likeness (QED) is 0.710. The number of hydrogen-bond acceptors (Lipinski definition) is 4. The summed E-state index contributed by atoms with van der Waals surface area (Å²) in [5.74, 6) is 0.198. The van der Waals surface area contributed by atoms with E-state index in [9.17, 15) is 13.2 Å². The van der Waals surface area contributed by atoms with Crippen LogP contribution in [-0.2, 0) is 14.8 Å². The summed E-state index contributed by atoms with van der Waals surface area (Å²) in [5.41, 5.74) is 1.20. The number of benzene rings is 1. The highest BCUT2D eigenvalue weighted by molar-refractivity contribution is 7.92. The van der Waals surface area contributed by atoms with Crippen molar-refractivity contribution in [2.75, 3.05) is 28.9 Å². The number of anilines is 2. The number of amides is 1. The van der Waals surface area contributed by atoms with Gasteiger partial charge in [0.2, 0.25) is 15.9 Å². The number of carbonyl (C=O) groups is 1. The van der Waals surface area contributed by atoms with E-state index in [-0.39, 0.29) is 17.6 Å². The zero-order valence-corrected chi connectivity index (χ0v) is 14.3. The van der Waals surface area contributed by atoms with Gasteiger partial charge < -0.3 is 10.6 Å². The number of carbonyl (C=O) groups excluding carboxylic acids is 1. The normalized spacial score (nSPS) is 16.0. The van der Waals surface area contributed by atoms with Crippen LogP contribution in [0.15, 0.2) is 24.3 Å². The third-order valence-electron chi connectivity index (χ3n) is 3.90. The maximum Gasteiger partial charge on any atom is 0.232 e. The second-order valence-corrected chi connectivity index (χ2v) is 7.71. The van der Waals surface area contributed by atoms with E-state index in [1.165, 1.54) is 0 Å². The van der Waals surface area contributed by atoms with Crippen LogP contribution in [0.3, 0.4) is 0 Å². The molecule has 0 atom stereocenters. The summed E-state index contributed by atoms with van der Waals surface area (Å²) in [6.07, 6.45) is 3.17. The van der Waals surface area contributed by atoms with Gasteiger partial charge >= 0.3 is 0 Å². The molecule has 7 heteroatoms. The Labute approximate surface area is 138 Å². The molecule has 23 heavy (non-hydrogen) atoms. The van der Waals surface area contributed by atoms with Gasteiger partial charge in [-0.25, -0.2) is 8.42 Å². The molecule has 1 fully saturated rings. The SMILES string of the molecule is CCCCS(=O)(=O)Nc1ccc(NC(=O)C2CCNCC2)cc1. The lowest BCUT2D eigenvalue weighted by atomic mass is 9.97. The van der Waals surface area contributed by atoms with Gasteiger partial charge in [-0.1, -0.05) is 13.3 Å². The number of rotatable bonds is 7. The fourth-order valence-electron chi connectivity index (χ4n) is 2.51. The van der Waals surface area contributed by atoms with Gasteiger partial charge in [-0.3, -0.25) is 9.52 Å². The molecule has 0 aliphatic carbocycles. The van der Waals surface area contributed by atoms with Gasteiger partial charge in [-0.05, 0) is 56.6 Å². The van der Waals surface area contributed by atoms with Crippen molar-refractivity contribution in [2.45, 2.75) is 32.6 Å². The van der Waals surface area contributed by atoms with E-state index < -0.39 is 10.0 Å². The van der Waals surface area contributed by atoms with Gasteiger partial charge in [-0.15, -0.1) is 0 Å². The zero-order valence-electron chi connectivity index (χ0n) is 13.5.